The van der Waals surface area contributed by atoms with E-state index in [1.165, 1.54) is 6.92 Å². The number of anilines is 1. The first-order valence-electron chi connectivity index (χ1n) is 8.31. The zero-order valence-electron chi connectivity index (χ0n) is 14.2. The van der Waals surface area contributed by atoms with Gasteiger partial charge in [-0.15, -0.1) is 0 Å². The van der Waals surface area contributed by atoms with Gasteiger partial charge in [0.2, 0.25) is 5.91 Å². The lowest BCUT2D eigenvalue weighted by Gasteiger charge is -2.21. The largest absolute Gasteiger partial charge is 0.508 e. The fraction of sp³-hybridized carbons (Fsp3) is 0.150. The van der Waals surface area contributed by atoms with Crippen LogP contribution in [0.4, 0.5) is 5.82 Å². The van der Waals surface area contributed by atoms with Crippen molar-refractivity contribution in [2.75, 3.05) is 5.32 Å². The van der Waals surface area contributed by atoms with E-state index in [1.807, 2.05) is 6.07 Å². The molecule has 6 nitrogen and oxygen atoms in total. The Morgan fingerprint density at radius 2 is 1.69 bits per heavy atom. The van der Waals surface area contributed by atoms with E-state index in [9.17, 15) is 15.0 Å². The van der Waals surface area contributed by atoms with Gasteiger partial charge >= 0.3 is 0 Å². The number of amides is 1. The predicted octanol–water partition coefficient (Wildman–Crippen LogP) is 3.28. The minimum Gasteiger partial charge on any atom is -0.508 e. The van der Waals surface area contributed by atoms with Crippen LogP contribution in [0.15, 0.2) is 42.5 Å². The molecule has 130 valence electrons. The van der Waals surface area contributed by atoms with Gasteiger partial charge in [0.25, 0.3) is 0 Å². The van der Waals surface area contributed by atoms with Gasteiger partial charge in [-0.05, 0) is 60.9 Å². The monoisotopic (exact) mass is 347 g/mol. The summed E-state index contributed by atoms with van der Waals surface area (Å²) in [6.45, 7) is 1.43. The normalized spacial score (nSPS) is 12.2. The van der Waals surface area contributed by atoms with Gasteiger partial charge in [-0.1, -0.05) is 0 Å². The van der Waals surface area contributed by atoms with Crippen molar-refractivity contribution in [3.8, 4) is 34.0 Å². The molecule has 4 rings (SSSR count). The van der Waals surface area contributed by atoms with Gasteiger partial charge in [0.05, 0.1) is 11.4 Å². The highest BCUT2D eigenvalue weighted by Gasteiger charge is 2.23. The molecule has 0 unspecified atom stereocenters. The maximum atomic E-state index is 11.6. The molecule has 1 aliphatic carbocycles. The number of hydrogen-bond donors (Lipinski definition) is 3. The Kier molecular flexibility index (Phi) is 3.80. The first kappa shape index (κ1) is 16.1. The third-order valence-electron chi connectivity index (χ3n) is 4.38. The third-order valence-corrected chi connectivity index (χ3v) is 4.38. The Labute approximate surface area is 150 Å². The molecule has 0 saturated heterocycles. The number of fused-ring (bicyclic) bond motifs is 3. The predicted molar refractivity (Wildman–Crippen MR) is 97.9 cm³/mol. The number of nitrogens with one attached hydrogen (secondary N) is 1. The SMILES string of the molecule is CC(=O)Nc1nc2c(nc1-c1ccc(O)cc1)-c1ccc(O)cc1CC2. The van der Waals surface area contributed by atoms with Crippen molar-refractivity contribution in [1.82, 2.24) is 9.97 Å². The summed E-state index contributed by atoms with van der Waals surface area (Å²) >= 11 is 0. The molecule has 0 aliphatic heterocycles. The van der Waals surface area contributed by atoms with Crippen LogP contribution in [0.3, 0.4) is 0 Å². The molecule has 0 fully saturated rings. The molecular weight excluding hydrogens is 330 g/mol. The fourth-order valence-corrected chi connectivity index (χ4v) is 3.21. The minimum atomic E-state index is -0.222. The Balaban J connectivity index is 1.92. The first-order chi connectivity index (χ1) is 12.5. The van der Waals surface area contributed by atoms with Crippen LogP contribution in [0.1, 0.15) is 18.2 Å². The lowest BCUT2D eigenvalue weighted by atomic mass is 9.91. The summed E-state index contributed by atoms with van der Waals surface area (Å²) in [6, 6.07) is 11.8. The van der Waals surface area contributed by atoms with Gasteiger partial charge in [0.15, 0.2) is 5.82 Å². The van der Waals surface area contributed by atoms with Crippen LogP contribution in [0.2, 0.25) is 0 Å². The molecule has 1 amide bonds. The molecule has 3 aromatic rings. The molecule has 6 heteroatoms. The molecule has 1 heterocycles. The Morgan fingerprint density at radius 3 is 2.42 bits per heavy atom. The number of aromatic nitrogens is 2. The van der Waals surface area contributed by atoms with Crippen molar-refractivity contribution in [2.24, 2.45) is 0 Å². The average molecular weight is 347 g/mol. The van der Waals surface area contributed by atoms with Crippen LogP contribution in [0.5, 0.6) is 11.5 Å². The summed E-state index contributed by atoms with van der Waals surface area (Å²) in [6.07, 6.45) is 1.44. The number of carbonyl (C=O) groups is 1. The average Bonchev–Trinajstić information content (AvgIpc) is 2.61. The van der Waals surface area contributed by atoms with Crippen molar-refractivity contribution >= 4 is 11.7 Å². The summed E-state index contributed by atoms with van der Waals surface area (Å²) in [5.74, 6) is 0.569. The number of phenols is 2. The maximum absolute atomic E-state index is 11.6. The lowest BCUT2D eigenvalue weighted by Crippen LogP contribution is -2.15. The van der Waals surface area contributed by atoms with Crippen LogP contribution in [-0.2, 0) is 17.6 Å². The number of benzene rings is 2. The smallest absolute Gasteiger partial charge is 0.222 e. The number of hydrogen-bond acceptors (Lipinski definition) is 5. The number of aryl methyl sites for hydroxylation is 2. The van der Waals surface area contributed by atoms with Gasteiger partial charge in [-0.25, -0.2) is 9.97 Å². The Hall–Kier alpha value is -3.41. The van der Waals surface area contributed by atoms with E-state index >= 15 is 0 Å². The van der Waals surface area contributed by atoms with E-state index in [0.29, 0.717) is 17.9 Å². The fourth-order valence-electron chi connectivity index (χ4n) is 3.21. The zero-order chi connectivity index (χ0) is 18.3. The van der Waals surface area contributed by atoms with E-state index in [-0.39, 0.29) is 17.4 Å². The molecule has 2 aromatic carbocycles. The highest BCUT2D eigenvalue weighted by molar-refractivity contribution is 5.92. The summed E-state index contributed by atoms with van der Waals surface area (Å²) in [7, 11) is 0. The minimum absolute atomic E-state index is 0.154. The second-order valence-electron chi connectivity index (χ2n) is 6.29. The van der Waals surface area contributed by atoms with Crippen LogP contribution < -0.4 is 5.32 Å². The van der Waals surface area contributed by atoms with Crippen LogP contribution in [-0.4, -0.2) is 26.1 Å². The molecule has 0 atom stereocenters. The van der Waals surface area contributed by atoms with Crippen molar-refractivity contribution in [2.45, 2.75) is 19.8 Å². The van der Waals surface area contributed by atoms with Gasteiger partial charge in [0.1, 0.15) is 17.2 Å². The number of aromatic hydroxyl groups is 2. The molecule has 0 saturated carbocycles. The second-order valence-corrected chi connectivity index (χ2v) is 6.29. The maximum Gasteiger partial charge on any atom is 0.222 e. The Morgan fingerprint density at radius 1 is 0.962 bits per heavy atom. The number of nitrogens with zero attached hydrogens (tertiary/aromatic N) is 2. The molecule has 3 N–H and O–H groups in total. The molecule has 1 aliphatic rings. The molecule has 0 spiro atoms. The molecule has 1 aromatic heterocycles. The van der Waals surface area contributed by atoms with Crippen LogP contribution >= 0.6 is 0 Å². The van der Waals surface area contributed by atoms with Gasteiger partial charge in [-0.2, -0.15) is 0 Å². The van der Waals surface area contributed by atoms with Gasteiger partial charge in [0, 0.05) is 18.1 Å². The molecule has 0 radical (unpaired) electrons. The first-order valence-corrected chi connectivity index (χ1v) is 8.31. The second kappa shape index (κ2) is 6.15. The van der Waals surface area contributed by atoms with E-state index in [4.69, 9.17) is 4.98 Å². The van der Waals surface area contributed by atoms with Gasteiger partial charge in [-0.3, -0.25) is 4.79 Å². The van der Waals surface area contributed by atoms with Crippen molar-refractivity contribution in [3.63, 3.8) is 0 Å². The summed E-state index contributed by atoms with van der Waals surface area (Å²) in [5.41, 5.74) is 4.81. The van der Waals surface area contributed by atoms with E-state index in [1.54, 1.807) is 36.4 Å². The Bertz CT molecular complexity index is 1010. The third kappa shape index (κ3) is 2.86. The van der Waals surface area contributed by atoms with Crippen molar-refractivity contribution in [1.29, 1.82) is 0 Å². The highest BCUT2D eigenvalue weighted by atomic mass is 16.3. The zero-order valence-corrected chi connectivity index (χ0v) is 14.2. The summed E-state index contributed by atoms with van der Waals surface area (Å²) < 4.78 is 0. The van der Waals surface area contributed by atoms with Crippen molar-refractivity contribution < 1.29 is 15.0 Å². The number of rotatable bonds is 2. The lowest BCUT2D eigenvalue weighted by molar-refractivity contribution is -0.114. The highest BCUT2D eigenvalue weighted by Crippen LogP contribution is 2.37. The summed E-state index contributed by atoms with van der Waals surface area (Å²) in [5, 5.41) is 22.0. The number of carbonyl (C=O) groups excluding carboxylic acids is 1. The van der Waals surface area contributed by atoms with Crippen LogP contribution in [0.25, 0.3) is 22.5 Å². The van der Waals surface area contributed by atoms with E-state index in [0.717, 1.165) is 34.5 Å². The quantitative estimate of drug-likeness (QED) is 0.661. The topological polar surface area (TPSA) is 95.3 Å². The van der Waals surface area contributed by atoms with E-state index < -0.39 is 0 Å². The molecule has 0 bridgehead atoms. The van der Waals surface area contributed by atoms with Crippen LogP contribution in [0, 0.1) is 0 Å². The van der Waals surface area contributed by atoms with E-state index in [2.05, 4.69) is 10.3 Å². The number of phenolic OH excluding ortho intramolecular Hbond substituents is 2. The molecular formula is C20H17N3O3. The standard InChI is InChI=1S/C20H17N3O3/c1-11(24)21-20-18(12-2-5-14(25)6-3-12)23-19-16-8-7-15(26)10-13(16)4-9-17(19)22-20/h2-3,5-8,10,25-26H,4,9H2,1H3,(H,21,22,24). The molecule has 26 heavy (non-hydrogen) atoms. The van der Waals surface area contributed by atoms with Gasteiger partial charge < -0.3 is 15.5 Å². The summed E-state index contributed by atoms with van der Waals surface area (Å²) in [4.78, 5) is 21.1. The van der Waals surface area contributed by atoms with Crippen molar-refractivity contribution in [3.05, 3.63) is 53.7 Å².